The van der Waals surface area contributed by atoms with E-state index >= 15 is 0 Å². The summed E-state index contributed by atoms with van der Waals surface area (Å²) in [5.74, 6) is 1.28. The number of hydrogen-bond acceptors (Lipinski definition) is 7. The van der Waals surface area contributed by atoms with Gasteiger partial charge in [0.25, 0.3) is 0 Å². The van der Waals surface area contributed by atoms with E-state index in [9.17, 15) is 0 Å². The minimum absolute atomic E-state index is 0.100. The molecule has 0 saturated heterocycles. The van der Waals surface area contributed by atoms with Crippen LogP contribution in [0, 0.1) is 6.92 Å². The Hall–Kier alpha value is -2.23. The summed E-state index contributed by atoms with van der Waals surface area (Å²) < 4.78 is 16.3. The Bertz CT molecular complexity index is 780. The van der Waals surface area contributed by atoms with Crippen LogP contribution in [0.2, 0.25) is 0 Å². The van der Waals surface area contributed by atoms with Gasteiger partial charge >= 0.3 is 0 Å². The molecule has 0 radical (unpaired) electrons. The molecule has 0 aliphatic rings. The van der Waals surface area contributed by atoms with Crippen molar-refractivity contribution < 1.29 is 14.2 Å². The number of nitrogens with one attached hydrogen (secondary N) is 2. The van der Waals surface area contributed by atoms with Crippen LogP contribution in [0.1, 0.15) is 23.2 Å². The number of ether oxygens (including phenoxy) is 3. The van der Waals surface area contributed by atoms with Crippen molar-refractivity contribution in [3.8, 4) is 11.5 Å². The van der Waals surface area contributed by atoms with Gasteiger partial charge in [0.15, 0.2) is 16.6 Å². The summed E-state index contributed by atoms with van der Waals surface area (Å²) in [5.41, 5.74) is 4.53. The van der Waals surface area contributed by atoms with E-state index in [0.717, 1.165) is 16.3 Å². The number of rotatable bonds is 9. The van der Waals surface area contributed by atoms with E-state index in [0.29, 0.717) is 29.8 Å². The molecular formula is C18H24N4O3S2. The minimum Gasteiger partial charge on any atom is -0.493 e. The molecule has 0 fully saturated rings. The minimum atomic E-state index is 0.100. The monoisotopic (exact) mass is 408 g/mol. The summed E-state index contributed by atoms with van der Waals surface area (Å²) in [6, 6.07) is 5.68. The Balaban J connectivity index is 1.91. The van der Waals surface area contributed by atoms with E-state index < -0.39 is 0 Å². The van der Waals surface area contributed by atoms with Crippen molar-refractivity contribution in [1.82, 2.24) is 15.7 Å². The molecule has 0 amide bonds. The number of aromatic nitrogens is 1. The molecule has 2 aromatic rings. The van der Waals surface area contributed by atoms with Gasteiger partial charge in [-0.2, -0.15) is 5.10 Å². The molecule has 0 saturated carbocycles. The van der Waals surface area contributed by atoms with Crippen LogP contribution in [0.5, 0.6) is 11.5 Å². The van der Waals surface area contributed by atoms with Gasteiger partial charge in [0.05, 0.1) is 30.6 Å². The average Bonchev–Trinajstić information content (AvgIpc) is 3.05. The molecule has 9 heteroatoms. The Morgan fingerprint density at radius 1 is 1.37 bits per heavy atom. The normalized spacial score (nSPS) is 12.0. The fraction of sp³-hybridized carbons (Fsp3) is 0.389. The number of benzene rings is 1. The molecule has 0 aliphatic heterocycles. The first-order chi connectivity index (χ1) is 13.0. The van der Waals surface area contributed by atoms with Crippen molar-refractivity contribution in [2.45, 2.75) is 26.5 Å². The summed E-state index contributed by atoms with van der Waals surface area (Å²) in [7, 11) is 3.25. The molecule has 0 spiro atoms. The van der Waals surface area contributed by atoms with Crippen molar-refractivity contribution in [3.63, 3.8) is 0 Å². The maximum Gasteiger partial charge on any atom is 0.187 e. The molecule has 2 rings (SSSR count). The summed E-state index contributed by atoms with van der Waals surface area (Å²) in [6.45, 7) is 4.90. The van der Waals surface area contributed by atoms with E-state index in [1.807, 2.05) is 37.4 Å². The predicted molar refractivity (Wildman–Crippen MR) is 112 cm³/mol. The molecule has 1 atom stereocenters. The zero-order valence-corrected chi connectivity index (χ0v) is 17.4. The zero-order chi connectivity index (χ0) is 19.6. The van der Waals surface area contributed by atoms with Gasteiger partial charge < -0.3 is 19.5 Å². The zero-order valence-electron chi connectivity index (χ0n) is 15.8. The molecule has 1 aromatic carbocycles. The highest BCUT2D eigenvalue weighted by Crippen LogP contribution is 2.28. The Labute approximate surface area is 168 Å². The molecular weight excluding hydrogens is 384 g/mol. The molecule has 146 valence electrons. The lowest BCUT2D eigenvalue weighted by Crippen LogP contribution is -2.40. The molecule has 2 N–H and O–H groups in total. The van der Waals surface area contributed by atoms with Gasteiger partial charge in [0, 0.05) is 18.5 Å². The van der Waals surface area contributed by atoms with Crippen LogP contribution < -0.4 is 20.2 Å². The third-order valence-corrected chi connectivity index (χ3v) is 4.44. The lowest BCUT2D eigenvalue weighted by Gasteiger charge is -2.13. The van der Waals surface area contributed by atoms with E-state index in [-0.39, 0.29) is 6.04 Å². The van der Waals surface area contributed by atoms with E-state index in [2.05, 4.69) is 20.8 Å². The maximum atomic E-state index is 5.81. The van der Waals surface area contributed by atoms with Crippen LogP contribution in [-0.4, -0.2) is 43.2 Å². The number of hydrazone groups is 1. The van der Waals surface area contributed by atoms with Gasteiger partial charge in [0.1, 0.15) is 6.61 Å². The van der Waals surface area contributed by atoms with Crippen LogP contribution in [0.25, 0.3) is 0 Å². The molecule has 7 nitrogen and oxygen atoms in total. The summed E-state index contributed by atoms with van der Waals surface area (Å²) >= 11 is 6.77. The number of nitrogens with zero attached hydrogens (tertiary/aromatic N) is 2. The van der Waals surface area contributed by atoms with E-state index in [4.69, 9.17) is 26.4 Å². The van der Waals surface area contributed by atoms with E-state index in [1.54, 1.807) is 31.8 Å². The Kier molecular flexibility index (Phi) is 8.43. The van der Waals surface area contributed by atoms with Crippen LogP contribution in [0.4, 0.5) is 0 Å². The summed E-state index contributed by atoms with van der Waals surface area (Å²) in [4.78, 5) is 4.39. The van der Waals surface area contributed by atoms with Gasteiger partial charge in [-0.3, -0.25) is 5.43 Å². The highest BCUT2D eigenvalue weighted by molar-refractivity contribution is 7.80. The third kappa shape index (κ3) is 7.12. The Morgan fingerprint density at radius 2 is 2.19 bits per heavy atom. The van der Waals surface area contributed by atoms with Gasteiger partial charge in [-0.15, -0.1) is 11.3 Å². The van der Waals surface area contributed by atoms with Crippen molar-refractivity contribution in [2.24, 2.45) is 5.10 Å². The SMILES string of the molecule is COC[C@@H](C)NC(=S)N/N=C\c1ccc(OCc2csc(C)n2)c(OC)c1. The first-order valence-electron chi connectivity index (χ1n) is 8.32. The van der Waals surface area contributed by atoms with E-state index in [1.165, 1.54) is 0 Å². The van der Waals surface area contributed by atoms with Gasteiger partial charge in [-0.05, 0) is 49.8 Å². The molecule has 1 aromatic heterocycles. The fourth-order valence-corrected chi connectivity index (χ4v) is 3.07. The fourth-order valence-electron chi connectivity index (χ4n) is 2.22. The van der Waals surface area contributed by atoms with Crippen LogP contribution in [0.15, 0.2) is 28.7 Å². The van der Waals surface area contributed by atoms with Crippen molar-refractivity contribution in [3.05, 3.63) is 39.8 Å². The van der Waals surface area contributed by atoms with Gasteiger partial charge in [-0.1, -0.05) is 0 Å². The number of aryl methyl sites for hydroxylation is 1. The second-order valence-corrected chi connectivity index (χ2v) is 7.23. The van der Waals surface area contributed by atoms with Gasteiger partial charge in [-0.25, -0.2) is 4.98 Å². The molecule has 0 unspecified atom stereocenters. The van der Waals surface area contributed by atoms with Crippen LogP contribution >= 0.6 is 23.6 Å². The quantitative estimate of drug-likeness (QED) is 0.375. The largest absolute Gasteiger partial charge is 0.493 e. The number of thiocarbonyl (C=S) groups is 1. The first-order valence-corrected chi connectivity index (χ1v) is 9.61. The van der Waals surface area contributed by atoms with Crippen molar-refractivity contribution in [2.75, 3.05) is 20.8 Å². The number of hydrogen-bond donors (Lipinski definition) is 2. The summed E-state index contributed by atoms with van der Waals surface area (Å²) in [6.07, 6.45) is 1.66. The number of thiazole rings is 1. The number of methoxy groups -OCH3 is 2. The third-order valence-electron chi connectivity index (χ3n) is 3.40. The van der Waals surface area contributed by atoms with Gasteiger partial charge in [0.2, 0.25) is 0 Å². The van der Waals surface area contributed by atoms with Crippen molar-refractivity contribution >= 4 is 34.9 Å². The second-order valence-electron chi connectivity index (χ2n) is 5.76. The topological polar surface area (TPSA) is 77.0 Å². The molecule has 0 bridgehead atoms. The second kappa shape index (κ2) is 10.8. The molecule has 1 heterocycles. The Morgan fingerprint density at radius 3 is 2.85 bits per heavy atom. The van der Waals surface area contributed by atoms with Crippen molar-refractivity contribution in [1.29, 1.82) is 0 Å². The maximum absolute atomic E-state index is 5.81. The molecule has 27 heavy (non-hydrogen) atoms. The predicted octanol–water partition coefficient (Wildman–Crippen LogP) is 2.87. The average molecular weight is 409 g/mol. The highest BCUT2D eigenvalue weighted by atomic mass is 32.1. The lowest BCUT2D eigenvalue weighted by molar-refractivity contribution is 0.179. The van der Waals surface area contributed by atoms with Crippen LogP contribution in [0.3, 0.4) is 0 Å². The van der Waals surface area contributed by atoms with Crippen LogP contribution in [-0.2, 0) is 11.3 Å². The highest BCUT2D eigenvalue weighted by Gasteiger charge is 2.07. The lowest BCUT2D eigenvalue weighted by atomic mass is 10.2. The molecule has 0 aliphatic carbocycles. The first kappa shape index (κ1) is 21.1. The smallest absolute Gasteiger partial charge is 0.187 e. The summed E-state index contributed by atoms with van der Waals surface area (Å²) in [5, 5.41) is 10.6. The standard InChI is InChI=1S/C18H24N4O3S2/c1-12(9-23-3)20-18(26)22-19-8-14-5-6-16(17(7-14)24-4)25-10-15-11-27-13(2)21-15/h5-8,11-12H,9-10H2,1-4H3,(H2,20,22,26)/b19-8-/t12-/m1/s1.